The van der Waals surface area contributed by atoms with Crippen molar-refractivity contribution in [2.75, 3.05) is 0 Å². The third-order valence-corrected chi connectivity index (χ3v) is 3.20. The summed E-state index contributed by atoms with van der Waals surface area (Å²) in [5, 5.41) is 0. The van der Waals surface area contributed by atoms with Gasteiger partial charge in [0.15, 0.2) is 0 Å². The van der Waals surface area contributed by atoms with Gasteiger partial charge in [-0.1, -0.05) is 0 Å². The molecule has 0 amide bonds. The molecule has 0 aromatic rings. The van der Waals surface area contributed by atoms with Crippen molar-refractivity contribution in [2.45, 2.75) is 6.92 Å². The molecule has 156 valence electrons. The van der Waals surface area contributed by atoms with E-state index in [1.807, 2.05) is 13.1 Å². The first-order valence-electron chi connectivity index (χ1n) is 3.51. The zero-order chi connectivity index (χ0) is 14.3. The minimum atomic E-state index is 0. The topological polar surface area (TPSA) is 12.4 Å². The molecule has 0 saturated carbocycles. The van der Waals surface area contributed by atoms with Crippen LogP contribution in [0.25, 0.3) is 0 Å². The number of nitrogens with zero attached hydrogens (tertiary/aromatic N) is 1. The van der Waals surface area contributed by atoms with Crippen molar-refractivity contribution in [3.05, 3.63) is 82.8 Å². The van der Waals surface area contributed by atoms with Crippen molar-refractivity contribution in [1.82, 2.24) is 0 Å². The fourth-order valence-electron chi connectivity index (χ4n) is 0.680. The molecule has 1 heterocycles. The van der Waals surface area contributed by atoms with E-state index in [1.165, 1.54) is 42.6 Å². The fraction of sp³-hybridized carbons (Fsp3) is 0.0625. The first kappa shape index (κ1) is 70.0. The quantitative estimate of drug-likeness (QED) is 0.349. The molecule has 0 aromatic carbocycles. The predicted molar refractivity (Wildman–Crippen MR) is 90.3 cm³/mol. The summed E-state index contributed by atoms with van der Waals surface area (Å²) in [6, 6.07) is 0. The van der Waals surface area contributed by atoms with Gasteiger partial charge in [0.05, 0.1) is 0 Å². The summed E-state index contributed by atoms with van der Waals surface area (Å²) >= 11 is 12.8. The molecule has 25 heavy (non-hydrogen) atoms. The standard InChI is InChI=1S/C8H5N.8CH3.8W/c1-3-8-5-4-7(2)9-6-8;;;;;;;;;;;;;;;;/h4,6H,1H3;8*1H3;;;;;;;;/q-2;8*-1;;;;;;;;. The third-order valence-electron chi connectivity index (χ3n) is 1.24. The van der Waals surface area contributed by atoms with Gasteiger partial charge in [-0.05, 0) is 0 Å². The fourth-order valence-corrected chi connectivity index (χ4v) is 2.04. The van der Waals surface area contributed by atoms with Crippen molar-refractivity contribution >= 4 is 14.5 Å². The normalized spacial score (nSPS) is 9.40. The zero-order valence-electron chi connectivity index (χ0n) is 16.4. The molecular weight excluding hydrogens is 1680 g/mol. The molecule has 0 N–H and O–H groups in total. The van der Waals surface area contributed by atoms with Gasteiger partial charge in [0.25, 0.3) is 0 Å². The second kappa shape index (κ2) is 63.0. The first-order valence-corrected chi connectivity index (χ1v) is 39.4. The molecular formula is C16H29NW8-10. The Morgan fingerprint density at radius 2 is 1.08 bits per heavy atom. The zero-order valence-corrected chi connectivity index (χ0v) is 39.8. The molecule has 0 aliphatic carbocycles. The number of hydrogen-bond donors (Lipinski definition) is 0. The van der Waals surface area contributed by atoms with Crippen LogP contribution in [0.4, 0.5) is 0 Å². The van der Waals surface area contributed by atoms with Crippen LogP contribution >= 0.6 is 0 Å². The van der Waals surface area contributed by atoms with Crippen LogP contribution in [0.5, 0.6) is 0 Å². The Kier molecular flexibility index (Phi) is 176. The van der Waals surface area contributed by atoms with Crippen molar-refractivity contribution in [3.63, 3.8) is 0 Å². The molecule has 1 aliphatic rings. The molecule has 1 rings (SSSR count). The van der Waals surface area contributed by atoms with Gasteiger partial charge in [-0.15, -0.1) is 0 Å². The molecule has 0 radical (unpaired) electrons. The number of rotatable bonds is 1. The van der Waals surface area contributed by atoms with Crippen molar-refractivity contribution in [1.29, 1.82) is 0 Å². The maximum absolute atomic E-state index is 4.19. The Labute approximate surface area is 240 Å². The van der Waals surface area contributed by atoms with E-state index in [4.69, 9.17) is 0 Å². The average molecular weight is 1710 g/mol. The van der Waals surface area contributed by atoms with E-state index in [0.29, 0.717) is 0 Å². The Hall–Kier alpha value is 4.40. The second-order valence-corrected chi connectivity index (χ2v) is 4.23. The van der Waals surface area contributed by atoms with Gasteiger partial charge in [-0.3, -0.25) is 0 Å². The van der Waals surface area contributed by atoms with Crippen molar-refractivity contribution in [2.24, 2.45) is 4.99 Å². The van der Waals surface area contributed by atoms with Gasteiger partial charge >= 0.3 is 186 Å². The predicted octanol–water partition coefficient (Wildman–Crippen LogP) is 4.24. The molecule has 0 fully saturated rings. The second-order valence-electron chi connectivity index (χ2n) is 1.92. The van der Waals surface area contributed by atoms with Gasteiger partial charge in [-0.25, -0.2) is 0 Å². The van der Waals surface area contributed by atoms with Crippen LogP contribution in [0.1, 0.15) is 6.92 Å². The van der Waals surface area contributed by atoms with Crippen LogP contribution in [0.2, 0.25) is 0 Å². The summed E-state index contributed by atoms with van der Waals surface area (Å²) in [5.74, 6) is 0. The van der Waals surface area contributed by atoms with Crippen LogP contribution in [-0.2, 0) is 136 Å². The van der Waals surface area contributed by atoms with E-state index >= 15 is 0 Å². The van der Waals surface area contributed by atoms with E-state index in [9.17, 15) is 0 Å². The van der Waals surface area contributed by atoms with Crippen LogP contribution < -0.4 is 0 Å². The number of allylic oxidation sites excluding steroid dienone is 4. The Balaban J connectivity index is -0.0000000143. The maximum atomic E-state index is 4.19. The molecule has 0 aromatic heterocycles. The number of aliphatic imine (C=N–C) groups is 1. The summed E-state index contributed by atoms with van der Waals surface area (Å²) < 4.78 is 4.37. The first-order chi connectivity index (χ1) is 8.27. The summed E-state index contributed by atoms with van der Waals surface area (Å²) in [7, 11) is 0. The third kappa shape index (κ3) is 43.2. The summed E-state index contributed by atoms with van der Waals surface area (Å²) in [5.41, 5.74) is 2.08. The SMILES string of the molecule is C[C-]=C1C=NC([C-]=[W])=C[C]1=[W].[CH3-].[CH3-].[CH3-].[CH3-].[CH3-].[CH3-].[CH3-].[CH3-].[W]=[W].[W]=[W].[W]=[W]. The van der Waals surface area contributed by atoms with Gasteiger partial charge < -0.3 is 59.4 Å². The molecule has 0 unspecified atom stereocenters. The van der Waals surface area contributed by atoms with E-state index in [0.717, 1.165) is 11.3 Å². The summed E-state index contributed by atoms with van der Waals surface area (Å²) in [4.78, 5) is 4.19. The van der Waals surface area contributed by atoms with E-state index in [2.05, 4.69) is 21.5 Å². The molecule has 0 bridgehead atoms. The van der Waals surface area contributed by atoms with Gasteiger partial charge in [-0.2, -0.15) is 0 Å². The molecule has 0 saturated heterocycles. The van der Waals surface area contributed by atoms with Gasteiger partial charge in [0, 0.05) is 0 Å². The Morgan fingerprint density at radius 1 is 0.760 bits per heavy atom. The monoisotopic (exact) mass is 1710 g/mol. The van der Waals surface area contributed by atoms with E-state index < -0.39 is 0 Å². The number of hydrogen-bond acceptors (Lipinski definition) is 1. The van der Waals surface area contributed by atoms with Crippen molar-refractivity contribution in [3.8, 4) is 0 Å². The van der Waals surface area contributed by atoms with E-state index in [-0.39, 0.29) is 59.4 Å². The summed E-state index contributed by atoms with van der Waals surface area (Å²) in [6.45, 7) is 1.91. The molecule has 0 atom stereocenters. The van der Waals surface area contributed by atoms with Gasteiger partial charge in [0.1, 0.15) is 0 Å². The Morgan fingerprint density at radius 3 is 1.28 bits per heavy atom. The molecule has 1 aliphatic heterocycles. The summed E-state index contributed by atoms with van der Waals surface area (Å²) in [6.07, 6.45) is 7.00. The van der Waals surface area contributed by atoms with Crippen LogP contribution in [0.3, 0.4) is 0 Å². The average Bonchev–Trinajstić information content (AvgIpc) is 2.45. The van der Waals surface area contributed by atoms with Crippen molar-refractivity contribution < 1.29 is 136 Å². The Bertz CT molecular complexity index is 334. The minimum absolute atomic E-state index is 0. The van der Waals surface area contributed by atoms with Gasteiger partial charge in [0.2, 0.25) is 0 Å². The van der Waals surface area contributed by atoms with Crippen LogP contribution in [0.15, 0.2) is 22.3 Å². The molecule has 1 nitrogen and oxygen atoms in total. The van der Waals surface area contributed by atoms with E-state index in [1.54, 1.807) is 97.3 Å². The van der Waals surface area contributed by atoms with Crippen LogP contribution in [-0.4, -0.2) is 14.5 Å². The molecule has 0 spiro atoms. The molecule has 9 heteroatoms. The van der Waals surface area contributed by atoms with Crippen LogP contribution in [0, 0.1) is 65.5 Å².